The second-order valence-corrected chi connectivity index (χ2v) is 6.34. The van der Waals surface area contributed by atoms with Crippen molar-refractivity contribution in [2.75, 3.05) is 33.9 Å². The van der Waals surface area contributed by atoms with E-state index in [1.807, 2.05) is 0 Å². The van der Waals surface area contributed by atoms with Gasteiger partial charge in [-0.25, -0.2) is 0 Å². The first kappa shape index (κ1) is 16.1. The van der Waals surface area contributed by atoms with Crippen LogP contribution in [0, 0.1) is 0 Å². The minimum atomic E-state index is 0.0500. The molecule has 5 nitrogen and oxygen atoms in total. The van der Waals surface area contributed by atoms with Gasteiger partial charge in [0.15, 0.2) is 11.5 Å². The normalized spacial score (nSPS) is 19.3. The van der Waals surface area contributed by atoms with Crippen molar-refractivity contribution in [3.8, 4) is 11.5 Å². The highest BCUT2D eigenvalue weighted by atomic mass is 16.5. The molecule has 0 aromatic heterocycles. The zero-order chi connectivity index (χ0) is 16.4. The summed E-state index contributed by atoms with van der Waals surface area (Å²) in [7, 11) is 3.43. The third-order valence-electron chi connectivity index (χ3n) is 5.00. The first-order valence-electron chi connectivity index (χ1n) is 8.40. The molecule has 0 fully saturated rings. The van der Waals surface area contributed by atoms with Crippen LogP contribution in [0.25, 0.3) is 0 Å². The number of nitrogens with zero attached hydrogens (tertiary/aromatic N) is 1. The molecule has 1 aromatic carbocycles. The van der Waals surface area contributed by atoms with Crippen molar-refractivity contribution in [1.82, 2.24) is 10.2 Å². The largest absolute Gasteiger partial charge is 0.493 e. The smallest absolute Gasteiger partial charge is 0.216 e. The number of carbonyl (C=O) groups excluding carboxylic acids is 1. The molecule has 0 radical (unpaired) electrons. The molecule has 2 aliphatic rings. The lowest BCUT2D eigenvalue weighted by molar-refractivity contribution is -0.118. The summed E-state index contributed by atoms with van der Waals surface area (Å²) in [5.41, 5.74) is 4.21. The molecule has 0 saturated heterocycles. The van der Waals surface area contributed by atoms with Crippen molar-refractivity contribution in [1.29, 1.82) is 0 Å². The second kappa shape index (κ2) is 6.79. The van der Waals surface area contributed by atoms with Crippen LogP contribution in [-0.4, -0.2) is 44.7 Å². The minimum Gasteiger partial charge on any atom is -0.493 e. The molecule has 0 spiro atoms. The standard InChI is InChI=1S/C18H26N2O3/c1-12(21)19-8-4-9-20-10-7-13-11-16(22-2)18(23-3)14-5-6-15(20)17(13)14/h11,15H,4-10H2,1-3H3,(H,19,21). The quantitative estimate of drug-likeness (QED) is 0.816. The average molecular weight is 318 g/mol. The van der Waals surface area contributed by atoms with Crippen LogP contribution in [0.15, 0.2) is 6.07 Å². The number of hydrogen-bond donors (Lipinski definition) is 1. The maximum Gasteiger partial charge on any atom is 0.216 e. The number of nitrogens with one attached hydrogen (secondary N) is 1. The number of ether oxygens (including phenoxy) is 2. The maximum atomic E-state index is 11.0. The van der Waals surface area contributed by atoms with Crippen LogP contribution >= 0.6 is 0 Å². The van der Waals surface area contributed by atoms with Gasteiger partial charge in [0.05, 0.1) is 14.2 Å². The Balaban J connectivity index is 1.77. The summed E-state index contributed by atoms with van der Waals surface area (Å²) in [6.07, 6.45) is 4.24. The number of benzene rings is 1. The van der Waals surface area contributed by atoms with E-state index in [1.165, 1.54) is 16.7 Å². The lowest BCUT2D eigenvalue weighted by atomic mass is 9.92. The summed E-state index contributed by atoms with van der Waals surface area (Å²) in [5, 5.41) is 2.88. The second-order valence-electron chi connectivity index (χ2n) is 6.34. The molecule has 1 aromatic rings. The third-order valence-corrected chi connectivity index (χ3v) is 5.00. The molecule has 1 atom stereocenters. The maximum absolute atomic E-state index is 11.0. The molecule has 1 unspecified atom stereocenters. The van der Waals surface area contributed by atoms with E-state index in [2.05, 4.69) is 16.3 Å². The molecule has 5 heteroatoms. The molecule has 1 aliphatic heterocycles. The van der Waals surface area contributed by atoms with E-state index in [0.29, 0.717) is 6.04 Å². The Morgan fingerprint density at radius 2 is 2.17 bits per heavy atom. The number of methoxy groups -OCH3 is 2. The van der Waals surface area contributed by atoms with Gasteiger partial charge in [-0.1, -0.05) is 0 Å². The Hall–Kier alpha value is -1.75. The predicted molar refractivity (Wildman–Crippen MR) is 89.2 cm³/mol. The van der Waals surface area contributed by atoms with E-state index < -0.39 is 0 Å². The summed E-state index contributed by atoms with van der Waals surface area (Å²) in [5.74, 6) is 1.82. The zero-order valence-corrected chi connectivity index (χ0v) is 14.3. The van der Waals surface area contributed by atoms with Crippen LogP contribution in [0.2, 0.25) is 0 Å². The van der Waals surface area contributed by atoms with Gasteiger partial charge in [0, 0.05) is 38.2 Å². The summed E-state index contributed by atoms with van der Waals surface area (Å²) in [6, 6.07) is 2.65. The minimum absolute atomic E-state index is 0.0500. The van der Waals surface area contributed by atoms with Crippen LogP contribution < -0.4 is 14.8 Å². The highest BCUT2D eigenvalue weighted by Gasteiger charge is 2.36. The van der Waals surface area contributed by atoms with E-state index in [4.69, 9.17) is 9.47 Å². The van der Waals surface area contributed by atoms with E-state index >= 15 is 0 Å². The van der Waals surface area contributed by atoms with Crippen LogP contribution in [-0.2, 0) is 17.6 Å². The van der Waals surface area contributed by atoms with E-state index in [1.54, 1.807) is 21.1 Å². The Morgan fingerprint density at radius 3 is 2.87 bits per heavy atom. The van der Waals surface area contributed by atoms with Gasteiger partial charge >= 0.3 is 0 Å². The number of amides is 1. The van der Waals surface area contributed by atoms with Crippen LogP contribution in [0.5, 0.6) is 11.5 Å². The van der Waals surface area contributed by atoms with Gasteiger partial charge in [-0.05, 0) is 42.9 Å². The lowest BCUT2D eigenvalue weighted by Crippen LogP contribution is -2.36. The number of rotatable bonds is 6. The molecule has 1 aliphatic carbocycles. The van der Waals surface area contributed by atoms with E-state index in [9.17, 15) is 4.79 Å². The van der Waals surface area contributed by atoms with Gasteiger partial charge < -0.3 is 14.8 Å². The van der Waals surface area contributed by atoms with Gasteiger partial charge in [-0.3, -0.25) is 9.69 Å². The zero-order valence-electron chi connectivity index (χ0n) is 14.3. The average Bonchev–Trinajstić information content (AvgIpc) is 2.99. The first-order chi connectivity index (χ1) is 11.2. The molecular formula is C18H26N2O3. The Labute approximate surface area is 137 Å². The first-order valence-corrected chi connectivity index (χ1v) is 8.40. The molecule has 0 bridgehead atoms. The third kappa shape index (κ3) is 3.02. The molecule has 23 heavy (non-hydrogen) atoms. The van der Waals surface area contributed by atoms with Crippen molar-refractivity contribution in [3.63, 3.8) is 0 Å². The summed E-state index contributed by atoms with van der Waals surface area (Å²) in [6.45, 7) is 4.43. The number of carbonyl (C=O) groups is 1. The van der Waals surface area contributed by atoms with Crippen molar-refractivity contribution >= 4 is 5.91 Å². The Kier molecular flexibility index (Phi) is 4.76. The lowest BCUT2D eigenvalue weighted by Gasteiger charge is -2.35. The Bertz CT molecular complexity index is 600. The predicted octanol–water partition coefficient (Wildman–Crippen LogP) is 2.08. The van der Waals surface area contributed by atoms with Crippen LogP contribution in [0.1, 0.15) is 42.5 Å². The fourth-order valence-corrected chi connectivity index (χ4v) is 4.04. The van der Waals surface area contributed by atoms with Crippen LogP contribution in [0.3, 0.4) is 0 Å². The van der Waals surface area contributed by atoms with Crippen molar-refractivity contribution in [2.24, 2.45) is 0 Å². The molecule has 1 heterocycles. The topological polar surface area (TPSA) is 50.8 Å². The highest BCUT2D eigenvalue weighted by Crippen LogP contribution is 2.48. The van der Waals surface area contributed by atoms with Crippen molar-refractivity contribution in [3.05, 3.63) is 22.8 Å². The summed E-state index contributed by atoms with van der Waals surface area (Å²) < 4.78 is 11.1. The van der Waals surface area contributed by atoms with Crippen molar-refractivity contribution in [2.45, 2.75) is 38.6 Å². The highest BCUT2D eigenvalue weighted by molar-refractivity contribution is 5.72. The van der Waals surface area contributed by atoms with Crippen LogP contribution in [0.4, 0.5) is 0 Å². The monoisotopic (exact) mass is 318 g/mol. The molecule has 126 valence electrons. The SMILES string of the molecule is COc1cc2c3c(c1OC)CCC3N(CCCNC(C)=O)CC2. The number of hydrogen-bond acceptors (Lipinski definition) is 4. The van der Waals surface area contributed by atoms with Gasteiger partial charge in [0.2, 0.25) is 5.91 Å². The summed E-state index contributed by atoms with van der Waals surface area (Å²) in [4.78, 5) is 13.5. The molecule has 3 rings (SSSR count). The van der Waals surface area contributed by atoms with E-state index in [0.717, 1.165) is 56.8 Å². The van der Waals surface area contributed by atoms with Gasteiger partial charge in [0.1, 0.15) is 0 Å². The molecule has 0 saturated carbocycles. The van der Waals surface area contributed by atoms with E-state index in [-0.39, 0.29) is 5.91 Å². The molecule has 1 amide bonds. The van der Waals surface area contributed by atoms with Gasteiger partial charge in [0.25, 0.3) is 0 Å². The van der Waals surface area contributed by atoms with Gasteiger partial charge in [-0.15, -0.1) is 0 Å². The molecular weight excluding hydrogens is 292 g/mol. The van der Waals surface area contributed by atoms with Gasteiger partial charge in [-0.2, -0.15) is 0 Å². The fraction of sp³-hybridized carbons (Fsp3) is 0.611. The summed E-state index contributed by atoms with van der Waals surface area (Å²) >= 11 is 0. The van der Waals surface area contributed by atoms with Crippen molar-refractivity contribution < 1.29 is 14.3 Å². The fourth-order valence-electron chi connectivity index (χ4n) is 4.04. The molecule has 1 N–H and O–H groups in total. The Morgan fingerprint density at radius 1 is 1.35 bits per heavy atom.